The normalized spacial score (nSPS) is 14.7. The second-order valence-corrected chi connectivity index (χ2v) is 3.05. The van der Waals surface area contributed by atoms with Crippen molar-refractivity contribution in [3.05, 3.63) is 29.3 Å². The van der Waals surface area contributed by atoms with Crippen molar-refractivity contribution in [2.75, 3.05) is 0 Å². The summed E-state index contributed by atoms with van der Waals surface area (Å²) in [5, 5.41) is 2.50. The SMILES string of the molecule is O=C1NCc2ccc(OC(F)(F)F)cc21. The molecule has 0 saturated heterocycles. The van der Waals surface area contributed by atoms with Crippen molar-refractivity contribution in [1.29, 1.82) is 0 Å². The van der Waals surface area contributed by atoms with Gasteiger partial charge in [0.05, 0.1) is 0 Å². The molecule has 1 aromatic carbocycles. The van der Waals surface area contributed by atoms with E-state index in [-0.39, 0.29) is 17.2 Å². The second kappa shape index (κ2) is 3.15. The van der Waals surface area contributed by atoms with Gasteiger partial charge in [-0.3, -0.25) is 4.79 Å². The first kappa shape index (κ1) is 9.82. The smallest absolute Gasteiger partial charge is 0.406 e. The molecule has 0 aromatic heterocycles. The van der Waals surface area contributed by atoms with Crippen molar-refractivity contribution in [3.8, 4) is 5.75 Å². The van der Waals surface area contributed by atoms with Crippen LogP contribution >= 0.6 is 0 Å². The number of carbonyl (C=O) groups is 1. The minimum atomic E-state index is -4.73. The van der Waals surface area contributed by atoms with Crippen molar-refractivity contribution >= 4 is 5.91 Å². The number of ether oxygens (including phenoxy) is 1. The van der Waals surface area contributed by atoms with Gasteiger partial charge in [0, 0.05) is 12.1 Å². The highest BCUT2D eigenvalue weighted by Crippen LogP contribution is 2.26. The van der Waals surface area contributed by atoms with Crippen LogP contribution in [0.5, 0.6) is 5.75 Å². The van der Waals surface area contributed by atoms with Gasteiger partial charge in [0.1, 0.15) is 5.75 Å². The molecule has 1 aliphatic rings. The molecular formula is C9H6F3NO2. The summed E-state index contributed by atoms with van der Waals surface area (Å²) in [5.41, 5.74) is 0.909. The van der Waals surface area contributed by atoms with E-state index in [1.165, 1.54) is 12.1 Å². The maximum atomic E-state index is 11.9. The number of hydrogen-bond donors (Lipinski definition) is 1. The average molecular weight is 217 g/mol. The number of alkyl halides is 3. The summed E-state index contributed by atoms with van der Waals surface area (Å²) in [7, 11) is 0. The summed E-state index contributed by atoms with van der Waals surface area (Å²) in [6.07, 6.45) is -4.73. The number of halogens is 3. The molecule has 0 fully saturated rings. The average Bonchev–Trinajstić information content (AvgIpc) is 2.45. The van der Waals surface area contributed by atoms with Gasteiger partial charge in [-0.2, -0.15) is 0 Å². The van der Waals surface area contributed by atoms with E-state index in [0.29, 0.717) is 12.1 Å². The Kier molecular flexibility index (Phi) is 2.06. The Balaban J connectivity index is 2.30. The van der Waals surface area contributed by atoms with Crippen molar-refractivity contribution in [2.45, 2.75) is 12.9 Å². The summed E-state index contributed by atoms with van der Waals surface area (Å²) in [6, 6.07) is 3.71. The van der Waals surface area contributed by atoms with Crippen molar-refractivity contribution in [1.82, 2.24) is 5.32 Å². The molecule has 6 heteroatoms. The number of rotatable bonds is 1. The first-order valence-electron chi connectivity index (χ1n) is 4.12. The van der Waals surface area contributed by atoms with E-state index < -0.39 is 6.36 Å². The maximum Gasteiger partial charge on any atom is 0.573 e. The zero-order valence-corrected chi connectivity index (χ0v) is 7.39. The molecule has 0 radical (unpaired) electrons. The zero-order valence-electron chi connectivity index (χ0n) is 7.39. The molecule has 3 nitrogen and oxygen atoms in total. The largest absolute Gasteiger partial charge is 0.573 e. The third kappa shape index (κ3) is 2.03. The molecule has 0 bridgehead atoms. The second-order valence-electron chi connectivity index (χ2n) is 3.05. The molecule has 1 N–H and O–H groups in total. The molecule has 1 aliphatic heterocycles. The Morgan fingerprint density at radius 3 is 2.73 bits per heavy atom. The third-order valence-corrected chi connectivity index (χ3v) is 2.00. The van der Waals surface area contributed by atoms with Crippen LogP contribution in [0.1, 0.15) is 15.9 Å². The maximum absolute atomic E-state index is 11.9. The molecule has 0 spiro atoms. The van der Waals surface area contributed by atoms with Gasteiger partial charge < -0.3 is 10.1 Å². The molecule has 0 aliphatic carbocycles. The van der Waals surface area contributed by atoms with E-state index in [2.05, 4.69) is 10.1 Å². The van der Waals surface area contributed by atoms with Gasteiger partial charge in [-0.25, -0.2) is 0 Å². The molecule has 15 heavy (non-hydrogen) atoms. The van der Waals surface area contributed by atoms with Gasteiger partial charge in [0.25, 0.3) is 5.91 Å². The first-order chi connectivity index (χ1) is 6.96. The fourth-order valence-electron chi connectivity index (χ4n) is 1.39. The zero-order chi connectivity index (χ0) is 11.1. The van der Waals surface area contributed by atoms with Gasteiger partial charge in [0.2, 0.25) is 0 Å². The van der Waals surface area contributed by atoms with Crippen molar-refractivity contribution in [2.24, 2.45) is 0 Å². The molecule has 1 heterocycles. The van der Waals surface area contributed by atoms with Crippen LogP contribution in [0, 0.1) is 0 Å². The van der Waals surface area contributed by atoms with E-state index in [0.717, 1.165) is 6.07 Å². The number of hydrogen-bond acceptors (Lipinski definition) is 2. The summed E-state index contributed by atoms with van der Waals surface area (Å²) in [4.78, 5) is 11.1. The van der Waals surface area contributed by atoms with Gasteiger partial charge in [-0.05, 0) is 17.7 Å². The molecule has 0 unspecified atom stereocenters. The molecular weight excluding hydrogens is 211 g/mol. The minimum Gasteiger partial charge on any atom is -0.406 e. The van der Waals surface area contributed by atoms with E-state index in [9.17, 15) is 18.0 Å². The topological polar surface area (TPSA) is 38.3 Å². The molecule has 1 amide bonds. The number of benzene rings is 1. The summed E-state index contributed by atoms with van der Waals surface area (Å²) >= 11 is 0. The number of fused-ring (bicyclic) bond motifs is 1. The van der Waals surface area contributed by atoms with E-state index in [1.54, 1.807) is 0 Å². The molecule has 2 rings (SSSR count). The van der Waals surface area contributed by atoms with Crippen LogP contribution in [0.2, 0.25) is 0 Å². The van der Waals surface area contributed by atoms with Crippen LogP contribution in [0.3, 0.4) is 0 Å². The summed E-state index contributed by atoms with van der Waals surface area (Å²) < 4.78 is 39.3. The Morgan fingerprint density at radius 1 is 1.33 bits per heavy atom. The van der Waals surface area contributed by atoms with Crippen molar-refractivity contribution < 1.29 is 22.7 Å². The third-order valence-electron chi connectivity index (χ3n) is 2.00. The Bertz CT molecular complexity index is 414. The fourth-order valence-corrected chi connectivity index (χ4v) is 1.39. The highest BCUT2D eigenvalue weighted by atomic mass is 19.4. The highest BCUT2D eigenvalue weighted by molar-refractivity contribution is 5.98. The van der Waals surface area contributed by atoms with Gasteiger partial charge in [-0.15, -0.1) is 13.2 Å². The van der Waals surface area contributed by atoms with Crippen LogP contribution in [0.4, 0.5) is 13.2 Å². The quantitative estimate of drug-likeness (QED) is 0.779. The van der Waals surface area contributed by atoms with E-state index in [4.69, 9.17) is 0 Å². The lowest BCUT2D eigenvalue weighted by molar-refractivity contribution is -0.274. The monoisotopic (exact) mass is 217 g/mol. The van der Waals surface area contributed by atoms with Crippen LogP contribution in [0.15, 0.2) is 18.2 Å². The van der Waals surface area contributed by atoms with Crippen molar-refractivity contribution in [3.63, 3.8) is 0 Å². The molecule has 0 saturated carbocycles. The van der Waals surface area contributed by atoms with Gasteiger partial charge in [0.15, 0.2) is 0 Å². The minimum absolute atomic E-state index is 0.233. The lowest BCUT2D eigenvalue weighted by atomic mass is 10.1. The van der Waals surface area contributed by atoms with Gasteiger partial charge >= 0.3 is 6.36 Å². The van der Waals surface area contributed by atoms with E-state index >= 15 is 0 Å². The summed E-state index contributed by atoms with van der Waals surface area (Å²) in [6.45, 7) is 0.348. The number of carbonyl (C=O) groups excluding carboxylic acids is 1. The highest BCUT2D eigenvalue weighted by Gasteiger charge is 2.32. The molecule has 0 atom stereocenters. The van der Waals surface area contributed by atoms with Crippen LogP contribution in [-0.2, 0) is 6.54 Å². The molecule has 80 valence electrons. The number of nitrogens with one attached hydrogen (secondary N) is 1. The Morgan fingerprint density at radius 2 is 2.07 bits per heavy atom. The summed E-state index contributed by atoms with van der Waals surface area (Å²) in [5.74, 6) is -0.754. The standard InChI is InChI=1S/C9H6F3NO2/c10-9(11,12)15-6-2-1-5-4-13-8(14)7(5)3-6/h1-3H,4H2,(H,13,14). The predicted molar refractivity (Wildman–Crippen MR) is 44.3 cm³/mol. The van der Waals surface area contributed by atoms with Gasteiger partial charge in [-0.1, -0.05) is 6.07 Å². The first-order valence-corrected chi connectivity index (χ1v) is 4.12. The van der Waals surface area contributed by atoms with Crippen LogP contribution in [0.25, 0.3) is 0 Å². The van der Waals surface area contributed by atoms with Crippen LogP contribution < -0.4 is 10.1 Å². The predicted octanol–water partition coefficient (Wildman–Crippen LogP) is 1.83. The fraction of sp³-hybridized carbons (Fsp3) is 0.222. The van der Waals surface area contributed by atoms with Crippen LogP contribution in [-0.4, -0.2) is 12.3 Å². The lowest BCUT2D eigenvalue weighted by Gasteiger charge is -2.09. The molecule has 1 aromatic rings. The lowest BCUT2D eigenvalue weighted by Crippen LogP contribution is -2.17. The Labute approximate surface area is 82.8 Å². The number of amides is 1. The van der Waals surface area contributed by atoms with E-state index in [1.807, 2.05) is 0 Å². The Hall–Kier alpha value is -1.72.